The molecule has 2 aromatic carbocycles. The molecule has 1 heterocycles. The van der Waals surface area contributed by atoms with Gasteiger partial charge in [-0.25, -0.2) is 4.98 Å². The van der Waals surface area contributed by atoms with Gasteiger partial charge in [0.2, 0.25) is 5.13 Å². The van der Waals surface area contributed by atoms with E-state index in [1.807, 2.05) is 32.0 Å². The summed E-state index contributed by atoms with van der Waals surface area (Å²) in [5.74, 6) is -0.149. The number of hydrogen-bond acceptors (Lipinski definition) is 4. The van der Waals surface area contributed by atoms with Crippen LogP contribution in [0.3, 0.4) is 0 Å². The topological polar surface area (TPSA) is 54.0 Å². The first kappa shape index (κ1) is 17.4. The van der Waals surface area contributed by atoms with Crippen molar-refractivity contribution in [2.24, 2.45) is 0 Å². The summed E-state index contributed by atoms with van der Waals surface area (Å²) in [5, 5.41) is 0.696. The van der Waals surface area contributed by atoms with Crippen LogP contribution in [0.15, 0.2) is 36.4 Å². The molecule has 5 heteroatoms. The number of carbonyl (C=O) groups is 1. The van der Waals surface area contributed by atoms with Crippen LogP contribution >= 0.6 is 11.3 Å². The summed E-state index contributed by atoms with van der Waals surface area (Å²) < 4.78 is 1.14. The monoisotopic (exact) mass is 353 g/mol. The van der Waals surface area contributed by atoms with Gasteiger partial charge < -0.3 is 0 Å². The average molecular weight is 353 g/mol. The van der Waals surface area contributed by atoms with Crippen molar-refractivity contribution in [2.45, 2.75) is 40.0 Å². The summed E-state index contributed by atoms with van der Waals surface area (Å²) in [6.07, 6.45) is 3.48. The van der Waals surface area contributed by atoms with Crippen LogP contribution in [0.5, 0.6) is 0 Å². The SMILES string of the molecule is CCCCc1ccc2nc(NNC(=O)c3cc(C)ccc3C)sc2c1. The standard InChI is InChI=1S/C20H23N3OS/c1-4-5-6-15-9-10-17-18(12-15)25-20(21-17)23-22-19(24)16-11-13(2)7-8-14(16)3/h7-12H,4-6H2,1-3H3,(H,21,23)(H,22,24). The summed E-state index contributed by atoms with van der Waals surface area (Å²) in [6, 6.07) is 12.2. The zero-order chi connectivity index (χ0) is 17.8. The van der Waals surface area contributed by atoms with Crippen LogP contribution in [0.25, 0.3) is 10.2 Å². The molecule has 0 aliphatic rings. The molecular formula is C20H23N3OS. The Hall–Kier alpha value is -2.40. The molecule has 0 aliphatic carbocycles. The van der Waals surface area contributed by atoms with Crippen LogP contribution in [0.2, 0.25) is 0 Å². The van der Waals surface area contributed by atoms with Gasteiger partial charge in [-0.2, -0.15) is 0 Å². The molecule has 0 unspecified atom stereocenters. The fraction of sp³-hybridized carbons (Fsp3) is 0.300. The lowest BCUT2D eigenvalue weighted by atomic mass is 10.1. The minimum Gasteiger partial charge on any atom is -0.273 e. The molecular weight excluding hydrogens is 330 g/mol. The number of anilines is 1. The first-order chi connectivity index (χ1) is 12.1. The predicted molar refractivity (Wildman–Crippen MR) is 105 cm³/mol. The average Bonchev–Trinajstić information content (AvgIpc) is 3.02. The number of amides is 1. The molecule has 0 fully saturated rings. The molecule has 25 heavy (non-hydrogen) atoms. The Morgan fingerprint density at radius 3 is 2.80 bits per heavy atom. The zero-order valence-corrected chi connectivity index (χ0v) is 15.7. The third kappa shape index (κ3) is 4.17. The fourth-order valence-corrected chi connectivity index (χ4v) is 3.60. The first-order valence-electron chi connectivity index (χ1n) is 8.60. The van der Waals surface area contributed by atoms with E-state index in [-0.39, 0.29) is 5.91 Å². The number of aryl methyl sites for hydroxylation is 3. The number of carbonyl (C=O) groups excluding carboxylic acids is 1. The van der Waals surface area contributed by atoms with E-state index in [0.717, 1.165) is 27.8 Å². The highest BCUT2D eigenvalue weighted by Crippen LogP contribution is 2.27. The number of rotatable bonds is 6. The first-order valence-corrected chi connectivity index (χ1v) is 9.41. The summed E-state index contributed by atoms with van der Waals surface area (Å²) in [4.78, 5) is 16.9. The van der Waals surface area contributed by atoms with Crippen LogP contribution < -0.4 is 10.9 Å². The molecule has 1 aromatic heterocycles. The molecule has 0 spiro atoms. The van der Waals surface area contributed by atoms with Gasteiger partial charge in [0.25, 0.3) is 5.91 Å². The Morgan fingerprint density at radius 2 is 2.00 bits per heavy atom. The number of nitrogens with one attached hydrogen (secondary N) is 2. The normalized spacial score (nSPS) is 10.8. The number of nitrogens with zero attached hydrogens (tertiary/aromatic N) is 1. The highest BCUT2D eigenvalue weighted by molar-refractivity contribution is 7.22. The van der Waals surface area contributed by atoms with E-state index < -0.39 is 0 Å². The lowest BCUT2D eigenvalue weighted by Crippen LogP contribution is -2.29. The second-order valence-corrected chi connectivity index (χ2v) is 7.35. The van der Waals surface area contributed by atoms with Crippen molar-refractivity contribution in [1.82, 2.24) is 10.4 Å². The van der Waals surface area contributed by atoms with Crippen LogP contribution in [0.4, 0.5) is 5.13 Å². The molecule has 0 aliphatic heterocycles. The molecule has 0 saturated carbocycles. The van der Waals surface area contributed by atoms with Crippen molar-refractivity contribution < 1.29 is 4.79 Å². The van der Waals surface area contributed by atoms with Crippen LogP contribution in [0.1, 0.15) is 46.8 Å². The molecule has 3 aromatic rings. The van der Waals surface area contributed by atoms with Crippen molar-refractivity contribution >= 4 is 32.6 Å². The number of hydrogen-bond donors (Lipinski definition) is 2. The zero-order valence-electron chi connectivity index (χ0n) is 14.8. The predicted octanol–water partition coefficient (Wildman–Crippen LogP) is 5.01. The van der Waals surface area contributed by atoms with Gasteiger partial charge in [-0.05, 0) is 56.0 Å². The maximum Gasteiger partial charge on any atom is 0.269 e. The molecule has 130 valence electrons. The lowest BCUT2D eigenvalue weighted by Gasteiger charge is -2.08. The number of thiazole rings is 1. The minimum atomic E-state index is -0.149. The number of fused-ring (bicyclic) bond motifs is 1. The molecule has 4 nitrogen and oxygen atoms in total. The van der Waals surface area contributed by atoms with Gasteiger partial charge in [-0.15, -0.1) is 0 Å². The number of benzene rings is 2. The molecule has 1 amide bonds. The molecule has 0 bridgehead atoms. The van der Waals surface area contributed by atoms with Crippen molar-refractivity contribution in [3.8, 4) is 0 Å². The van der Waals surface area contributed by atoms with Crippen molar-refractivity contribution in [2.75, 3.05) is 5.43 Å². The maximum absolute atomic E-state index is 12.4. The Morgan fingerprint density at radius 1 is 1.16 bits per heavy atom. The van der Waals surface area contributed by atoms with Gasteiger partial charge in [0.05, 0.1) is 10.2 Å². The van der Waals surface area contributed by atoms with E-state index >= 15 is 0 Å². The smallest absolute Gasteiger partial charge is 0.269 e. The molecule has 0 saturated heterocycles. The fourth-order valence-electron chi connectivity index (χ4n) is 2.72. The summed E-state index contributed by atoms with van der Waals surface area (Å²) in [6.45, 7) is 6.11. The largest absolute Gasteiger partial charge is 0.273 e. The van der Waals surface area contributed by atoms with Crippen molar-refractivity contribution in [1.29, 1.82) is 0 Å². The second kappa shape index (κ2) is 7.66. The lowest BCUT2D eigenvalue weighted by molar-refractivity contribution is 0.0962. The Kier molecular flexibility index (Phi) is 5.34. The third-order valence-electron chi connectivity index (χ3n) is 4.19. The Labute approximate surface area is 152 Å². The van der Waals surface area contributed by atoms with E-state index in [1.165, 1.54) is 18.4 Å². The van der Waals surface area contributed by atoms with Gasteiger partial charge in [0.1, 0.15) is 0 Å². The van der Waals surface area contributed by atoms with Crippen LogP contribution in [-0.4, -0.2) is 10.9 Å². The Bertz CT molecular complexity index is 901. The third-order valence-corrected chi connectivity index (χ3v) is 5.13. The van der Waals surface area contributed by atoms with Gasteiger partial charge in [-0.3, -0.25) is 15.6 Å². The van der Waals surface area contributed by atoms with E-state index in [1.54, 1.807) is 11.3 Å². The van der Waals surface area contributed by atoms with Crippen molar-refractivity contribution in [3.05, 3.63) is 58.7 Å². The van der Waals surface area contributed by atoms with Gasteiger partial charge in [0.15, 0.2) is 0 Å². The van der Waals surface area contributed by atoms with Crippen LogP contribution in [0, 0.1) is 13.8 Å². The van der Waals surface area contributed by atoms with E-state index in [9.17, 15) is 4.79 Å². The highest BCUT2D eigenvalue weighted by atomic mass is 32.1. The van der Waals surface area contributed by atoms with Gasteiger partial charge in [-0.1, -0.05) is 48.4 Å². The number of hydrazine groups is 1. The summed E-state index contributed by atoms with van der Waals surface area (Å²) >= 11 is 1.55. The van der Waals surface area contributed by atoms with E-state index in [4.69, 9.17) is 0 Å². The minimum absolute atomic E-state index is 0.149. The molecule has 3 rings (SSSR count). The number of unbranched alkanes of at least 4 members (excludes halogenated alkanes) is 1. The van der Waals surface area contributed by atoms with Crippen molar-refractivity contribution in [3.63, 3.8) is 0 Å². The van der Waals surface area contributed by atoms with Gasteiger partial charge >= 0.3 is 0 Å². The Balaban J connectivity index is 1.70. The highest BCUT2D eigenvalue weighted by Gasteiger charge is 2.10. The quantitative estimate of drug-likeness (QED) is 0.612. The second-order valence-electron chi connectivity index (χ2n) is 6.32. The van der Waals surface area contributed by atoms with E-state index in [0.29, 0.717) is 10.7 Å². The molecule has 0 radical (unpaired) electrons. The molecule has 2 N–H and O–H groups in total. The maximum atomic E-state index is 12.4. The number of aromatic nitrogens is 1. The van der Waals surface area contributed by atoms with Crippen LogP contribution in [-0.2, 0) is 6.42 Å². The van der Waals surface area contributed by atoms with E-state index in [2.05, 4.69) is 41.0 Å². The van der Waals surface area contributed by atoms with Gasteiger partial charge in [0, 0.05) is 5.56 Å². The molecule has 0 atom stereocenters. The summed E-state index contributed by atoms with van der Waals surface area (Å²) in [7, 11) is 0. The summed E-state index contributed by atoms with van der Waals surface area (Å²) in [5.41, 5.74) is 10.7.